The number of aromatic carboxylic acids is 1. The van der Waals surface area contributed by atoms with E-state index in [0.29, 0.717) is 15.6 Å². The van der Waals surface area contributed by atoms with E-state index >= 15 is 0 Å². The van der Waals surface area contributed by atoms with Crippen molar-refractivity contribution in [2.75, 3.05) is 0 Å². The van der Waals surface area contributed by atoms with Crippen LogP contribution in [0, 0.1) is 5.41 Å². The van der Waals surface area contributed by atoms with E-state index < -0.39 is 23.9 Å². The molecular formula is C17H16Cl2N4O5. The van der Waals surface area contributed by atoms with Gasteiger partial charge in [-0.05, 0) is 35.9 Å². The minimum Gasteiger partial charge on any atom is -0.478 e. The molecule has 0 bridgehead atoms. The van der Waals surface area contributed by atoms with Crippen LogP contribution in [0.4, 0.5) is 4.79 Å². The molecule has 7 N–H and O–H groups in total. The van der Waals surface area contributed by atoms with E-state index in [0.717, 1.165) is 0 Å². The Bertz CT molecular complexity index is 885. The molecule has 11 heteroatoms. The highest BCUT2D eigenvalue weighted by Crippen LogP contribution is 2.24. The van der Waals surface area contributed by atoms with Gasteiger partial charge in [-0.2, -0.15) is 0 Å². The largest absolute Gasteiger partial charge is 0.478 e. The van der Waals surface area contributed by atoms with Crippen LogP contribution in [0.2, 0.25) is 10.0 Å². The number of ether oxygens (including phenoxy) is 1. The van der Waals surface area contributed by atoms with Crippen LogP contribution in [0.25, 0.3) is 0 Å². The van der Waals surface area contributed by atoms with Crippen LogP contribution in [0.3, 0.4) is 0 Å². The third kappa shape index (κ3) is 7.94. The molecule has 0 fully saturated rings. The Morgan fingerprint density at radius 2 is 1.64 bits per heavy atom. The summed E-state index contributed by atoms with van der Waals surface area (Å²) < 4.78 is 4.48. The number of primary amides is 1. The van der Waals surface area contributed by atoms with Crippen molar-refractivity contribution in [1.82, 2.24) is 5.32 Å². The maximum absolute atomic E-state index is 11.3. The molecule has 0 spiro atoms. The average molecular weight is 427 g/mol. The smallest absolute Gasteiger partial charge is 0.409 e. The Balaban J connectivity index is 0.000000283. The van der Waals surface area contributed by atoms with E-state index in [1.165, 1.54) is 24.3 Å². The van der Waals surface area contributed by atoms with Gasteiger partial charge >= 0.3 is 12.1 Å². The second-order valence-electron chi connectivity index (χ2n) is 5.09. The lowest BCUT2D eigenvalue weighted by molar-refractivity contribution is -0.119. The number of hydrogen-bond donors (Lipinski definition) is 5. The van der Waals surface area contributed by atoms with E-state index in [1.807, 2.05) is 0 Å². The number of carbonyl (C=O) groups is 3. The van der Waals surface area contributed by atoms with Crippen molar-refractivity contribution in [3.8, 4) is 5.75 Å². The van der Waals surface area contributed by atoms with E-state index in [2.05, 4.69) is 10.1 Å². The van der Waals surface area contributed by atoms with Gasteiger partial charge in [0, 0.05) is 10.0 Å². The number of guanidine groups is 1. The molecule has 0 aliphatic rings. The first kappa shape index (κ1) is 22.7. The average Bonchev–Trinajstić information content (AvgIpc) is 2.58. The molecular weight excluding hydrogens is 411 g/mol. The van der Waals surface area contributed by atoms with Crippen molar-refractivity contribution in [1.29, 1.82) is 5.41 Å². The van der Waals surface area contributed by atoms with Crippen LogP contribution >= 0.6 is 23.2 Å². The Morgan fingerprint density at radius 3 is 2.14 bits per heavy atom. The number of halogens is 2. The van der Waals surface area contributed by atoms with Gasteiger partial charge in [0.2, 0.25) is 5.91 Å². The number of hydrogen-bond acceptors (Lipinski definition) is 5. The van der Waals surface area contributed by atoms with Gasteiger partial charge in [0.25, 0.3) is 0 Å². The monoisotopic (exact) mass is 426 g/mol. The highest BCUT2D eigenvalue weighted by molar-refractivity contribution is 6.36. The minimum atomic E-state index is -1.09. The number of carboxylic acid groups (broad SMARTS) is 1. The van der Waals surface area contributed by atoms with Gasteiger partial charge in [-0.25, -0.2) is 9.59 Å². The molecule has 0 atom stereocenters. The zero-order valence-corrected chi connectivity index (χ0v) is 15.8. The molecule has 2 amide bonds. The topological polar surface area (TPSA) is 169 Å². The number of amides is 2. The maximum Gasteiger partial charge on any atom is 0.409 e. The van der Waals surface area contributed by atoms with Crippen LogP contribution in [0.15, 0.2) is 42.5 Å². The summed E-state index contributed by atoms with van der Waals surface area (Å²) in [6, 6.07) is 10.5. The highest BCUT2D eigenvalue weighted by atomic mass is 35.5. The van der Waals surface area contributed by atoms with Crippen molar-refractivity contribution >= 4 is 47.1 Å². The quantitative estimate of drug-likeness (QED) is 0.371. The molecule has 0 radical (unpaired) electrons. The van der Waals surface area contributed by atoms with E-state index in [9.17, 15) is 14.4 Å². The molecule has 148 valence electrons. The molecule has 28 heavy (non-hydrogen) atoms. The standard InChI is InChI=1S/C9H9Cl2N3O.C8H7NO4/c10-6-2-1-3-7(11)5(6)4-8(15)14-9(12)13;9-8(12)13-6-3-1-2-5(4-6)7(10)11/h1-3H,4H2,(H4,12,13,14,15);1-4H,(H2,9,12)(H,10,11). The molecule has 9 nitrogen and oxygen atoms in total. The van der Waals surface area contributed by atoms with Crippen LogP contribution in [-0.4, -0.2) is 29.0 Å². The summed E-state index contributed by atoms with van der Waals surface area (Å²) >= 11 is 11.7. The van der Waals surface area contributed by atoms with Crippen molar-refractivity contribution in [3.05, 3.63) is 63.6 Å². The number of carboxylic acids is 1. The Labute approximate surface area is 169 Å². The SMILES string of the molecule is N=C(N)NC(=O)Cc1c(Cl)cccc1Cl.NC(=O)Oc1cccc(C(=O)O)c1. The fourth-order valence-electron chi connectivity index (χ4n) is 1.86. The zero-order chi connectivity index (χ0) is 21.3. The number of rotatable bonds is 4. The van der Waals surface area contributed by atoms with Crippen LogP contribution in [0.5, 0.6) is 5.75 Å². The first-order valence-corrected chi connectivity index (χ1v) is 8.23. The van der Waals surface area contributed by atoms with E-state index in [-0.39, 0.29) is 17.7 Å². The molecule has 0 unspecified atom stereocenters. The number of benzene rings is 2. The predicted octanol–water partition coefficient (Wildman–Crippen LogP) is 2.39. The molecule has 0 saturated heterocycles. The number of nitrogens with two attached hydrogens (primary N) is 2. The third-order valence-electron chi connectivity index (χ3n) is 2.97. The molecule has 2 aromatic rings. The van der Waals surface area contributed by atoms with Crippen LogP contribution in [-0.2, 0) is 11.2 Å². The van der Waals surface area contributed by atoms with Crippen LogP contribution < -0.4 is 21.5 Å². The van der Waals surface area contributed by atoms with Crippen molar-refractivity contribution in [2.45, 2.75) is 6.42 Å². The summed E-state index contributed by atoms with van der Waals surface area (Å²) in [7, 11) is 0. The summed E-state index contributed by atoms with van der Waals surface area (Å²) in [5, 5.41) is 18.4. The van der Waals surface area contributed by atoms with E-state index in [1.54, 1.807) is 18.2 Å². The minimum absolute atomic E-state index is 0.00190. The summed E-state index contributed by atoms with van der Waals surface area (Å²) in [6.45, 7) is 0. The molecule has 0 aromatic heterocycles. The fourth-order valence-corrected chi connectivity index (χ4v) is 2.40. The summed E-state index contributed by atoms with van der Waals surface area (Å²) in [5.74, 6) is -1.79. The van der Waals surface area contributed by atoms with Gasteiger partial charge in [0.15, 0.2) is 5.96 Å². The first-order chi connectivity index (χ1) is 13.1. The zero-order valence-electron chi connectivity index (χ0n) is 14.2. The molecule has 0 heterocycles. The van der Waals surface area contributed by atoms with Gasteiger partial charge in [-0.3, -0.25) is 15.5 Å². The molecule has 2 aromatic carbocycles. The normalized spacial score (nSPS) is 9.50. The van der Waals surface area contributed by atoms with Gasteiger partial charge in [0.05, 0.1) is 12.0 Å². The second-order valence-corrected chi connectivity index (χ2v) is 5.91. The lowest BCUT2D eigenvalue weighted by atomic mass is 10.1. The van der Waals surface area contributed by atoms with Crippen LogP contribution in [0.1, 0.15) is 15.9 Å². The lowest BCUT2D eigenvalue weighted by Crippen LogP contribution is -2.36. The second kappa shape index (κ2) is 10.8. The number of nitrogens with one attached hydrogen (secondary N) is 2. The van der Waals surface area contributed by atoms with E-state index in [4.69, 9.17) is 45.2 Å². The molecule has 0 aliphatic carbocycles. The number of carbonyl (C=O) groups excluding carboxylic acids is 2. The molecule has 0 aliphatic heterocycles. The Hall–Kier alpha value is -3.30. The van der Waals surface area contributed by atoms with Crippen molar-refractivity contribution < 1.29 is 24.2 Å². The first-order valence-electron chi connectivity index (χ1n) is 7.47. The Kier molecular flexibility index (Phi) is 8.73. The lowest BCUT2D eigenvalue weighted by Gasteiger charge is -2.06. The van der Waals surface area contributed by atoms with Gasteiger partial charge in [-0.15, -0.1) is 0 Å². The summed E-state index contributed by atoms with van der Waals surface area (Å²) in [6.07, 6.45) is -0.972. The summed E-state index contributed by atoms with van der Waals surface area (Å²) in [4.78, 5) is 32.0. The summed E-state index contributed by atoms with van der Waals surface area (Å²) in [5.41, 5.74) is 10.3. The van der Waals surface area contributed by atoms with Crippen molar-refractivity contribution in [2.24, 2.45) is 11.5 Å². The van der Waals surface area contributed by atoms with Gasteiger partial charge in [-0.1, -0.05) is 35.3 Å². The molecule has 0 saturated carbocycles. The predicted molar refractivity (Wildman–Crippen MR) is 104 cm³/mol. The van der Waals surface area contributed by atoms with Crippen molar-refractivity contribution in [3.63, 3.8) is 0 Å². The molecule has 2 rings (SSSR count). The van der Waals surface area contributed by atoms with Gasteiger partial charge in [0.1, 0.15) is 5.75 Å². The Morgan fingerprint density at radius 1 is 1.07 bits per heavy atom. The van der Waals surface area contributed by atoms with Gasteiger partial charge < -0.3 is 21.3 Å². The fraction of sp³-hybridized carbons (Fsp3) is 0.0588. The highest BCUT2D eigenvalue weighted by Gasteiger charge is 2.10. The maximum atomic E-state index is 11.3. The third-order valence-corrected chi connectivity index (χ3v) is 3.68.